The number of rotatable bonds is 2. The number of benzene rings is 1. The maximum Gasteiger partial charge on any atom is 0.416 e. The molecule has 0 amide bonds. The lowest BCUT2D eigenvalue weighted by molar-refractivity contribution is -0.137. The van der Waals surface area contributed by atoms with Gasteiger partial charge in [-0.1, -0.05) is 18.2 Å². The van der Waals surface area contributed by atoms with Crippen molar-refractivity contribution in [1.29, 1.82) is 0 Å². The van der Waals surface area contributed by atoms with Crippen LogP contribution in [0.15, 0.2) is 47.4 Å². The van der Waals surface area contributed by atoms with Gasteiger partial charge in [0.05, 0.1) is 11.2 Å². The van der Waals surface area contributed by atoms with Gasteiger partial charge in [-0.15, -0.1) is 0 Å². The minimum atomic E-state index is -4.40. The van der Waals surface area contributed by atoms with Gasteiger partial charge in [0.1, 0.15) is 0 Å². The van der Waals surface area contributed by atoms with Gasteiger partial charge in [0.2, 0.25) is 5.56 Å². The highest BCUT2D eigenvalue weighted by Crippen LogP contribution is 2.40. The van der Waals surface area contributed by atoms with E-state index in [0.29, 0.717) is 18.4 Å². The number of aliphatic hydroxyl groups is 1. The van der Waals surface area contributed by atoms with E-state index in [0.717, 1.165) is 17.7 Å². The van der Waals surface area contributed by atoms with Gasteiger partial charge < -0.3 is 15.0 Å². The van der Waals surface area contributed by atoms with E-state index in [9.17, 15) is 23.1 Å². The molecule has 2 N–H and O–H groups in total. The van der Waals surface area contributed by atoms with Crippen molar-refractivity contribution in [2.24, 2.45) is 7.05 Å². The van der Waals surface area contributed by atoms with Gasteiger partial charge in [-0.05, 0) is 43.0 Å². The number of piperidine rings is 1. The van der Waals surface area contributed by atoms with Crippen LogP contribution in [0.2, 0.25) is 0 Å². The van der Waals surface area contributed by atoms with Crippen molar-refractivity contribution in [3.63, 3.8) is 0 Å². The zero-order valence-electron chi connectivity index (χ0n) is 14.5. The molecule has 1 saturated heterocycles. The number of pyridine rings is 1. The topological polar surface area (TPSA) is 54.3 Å². The van der Waals surface area contributed by atoms with Crippen LogP contribution in [-0.4, -0.2) is 15.7 Å². The van der Waals surface area contributed by atoms with Gasteiger partial charge >= 0.3 is 6.18 Å². The van der Waals surface area contributed by atoms with Gasteiger partial charge in [0.25, 0.3) is 0 Å². The van der Waals surface area contributed by atoms with E-state index in [1.807, 2.05) is 6.92 Å². The summed E-state index contributed by atoms with van der Waals surface area (Å²) in [5.41, 5.74) is -0.788. The average molecular weight is 366 g/mol. The van der Waals surface area contributed by atoms with Crippen LogP contribution < -0.4 is 10.9 Å². The van der Waals surface area contributed by atoms with E-state index in [2.05, 4.69) is 5.32 Å². The first kappa shape index (κ1) is 18.7. The van der Waals surface area contributed by atoms with Gasteiger partial charge in [-0.25, -0.2) is 0 Å². The second kappa shape index (κ2) is 6.55. The largest absolute Gasteiger partial charge is 0.416 e. The van der Waals surface area contributed by atoms with Crippen LogP contribution in [0.5, 0.6) is 0 Å². The van der Waals surface area contributed by atoms with Crippen LogP contribution in [0.1, 0.15) is 42.5 Å². The molecule has 0 aliphatic carbocycles. The van der Waals surface area contributed by atoms with Crippen molar-refractivity contribution in [2.45, 2.75) is 43.6 Å². The molecule has 4 nitrogen and oxygen atoms in total. The number of nitrogens with one attached hydrogen (secondary N) is 1. The Morgan fingerprint density at radius 3 is 2.38 bits per heavy atom. The third-order valence-electron chi connectivity index (χ3n) is 4.93. The van der Waals surface area contributed by atoms with E-state index >= 15 is 0 Å². The fourth-order valence-corrected chi connectivity index (χ4v) is 3.63. The molecule has 3 atom stereocenters. The monoisotopic (exact) mass is 366 g/mol. The average Bonchev–Trinajstić information content (AvgIpc) is 2.56. The number of hydrogen-bond donors (Lipinski definition) is 2. The van der Waals surface area contributed by atoms with Crippen LogP contribution in [-0.2, 0) is 18.8 Å². The Labute approximate surface area is 149 Å². The molecule has 1 fully saturated rings. The predicted octanol–water partition coefficient (Wildman–Crippen LogP) is 3.10. The summed E-state index contributed by atoms with van der Waals surface area (Å²) in [6, 6.07) is 7.62. The summed E-state index contributed by atoms with van der Waals surface area (Å²) in [6.07, 6.45) is -1.99. The van der Waals surface area contributed by atoms with E-state index < -0.39 is 17.3 Å². The Balaban J connectivity index is 1.91. The third kappa shape index (κ3) is 3.68. The maximum atomic E-state index is 12.8. The SMILES string of the molecule is C[C@H]1CC(O)(c2ccc(C(F)(F)F)cc2)C[C@@H](c2ccc(=O)n(C)c2)N1. The number of halogens is 3. The van der Waals surface area contributed by atoms with Crippen LogP contribution in [0.3, 0.4) is 0 Å². The molecule has 1 aromatic heterocycles. The third-order valence-corrected chi connectivity index (χ3v) is 4.93. The Bertz CT molecular complexity index is 845. The Morgan fingerprint density at radius 1 is 1.15 bits per heavy atom. The van der Waals surface area contributed by atoms with Gasteiger partial charge in [-0.2, -0.15) is 13.2 Å². The molecule has 26 heavy (non-hydrogen) atoms. The minimum absolute atomic E-state index is 0.0433. The van der Waals surface area contributed by atoms with Crippen molar-refractivity contribution in [2.75, 3.05) is 0 Å². The second-order valence-electron chi connectivity index (χ2n) is 7.05. The predicted molar refractivity (Wildman–Crippen MR) is 91.6 cm³/mol. The molecule has 0 bridgehead atoms. The molecular formula is C19H21F3N2O2. The fourth-order valence-electron chi connectivity index (χ4n) is 3.63. The zero-order chi connectivity index (χ0) is 19.1. The standard InChI is InChI=1S/C19H21F3N2O2/c1-12-9-18(26,14-4-6-15(7-5-14)19(20,21)22)10-16(23-12)13-3-8-17(25)24(2)11-13/h3-8,11-12,16,23,26H,9-10H2,1-2H3/t12-,16-,18?/m0/s1. The summed E-state index contributed by atoms with van der Waals surface area (Å²) in [5.74, 6) is 0. The zero-order valence-corrected chi connectivity index (χ0v) is 14.5. The number of nitrogens with zero attached hydrogens (tertiary/aromatic N) is 1. The normalized spacial score (nSPS) is 26.7. The summed E-state index contributed by atoms with van der Waals surface area (Å²) in [6.45, 7) is 1.92. The number of hydrogen-bond acceptors (Lipinski definition) is 3. The molecule has 1 aliphatic heterocycles. The lowest BCUT2D eigenvalue weighted by Gasteiger charge is -2.41. The van der Waals surface area contributed by atoms with Gasteiger partial charge in [-0.3, -0.25) is 4.79 Å². The van der Waals surface area contributed by atoms with E-state index in [1.54, 1.807) is 19.3 Å². The van der Waals surface area contributed by atoms with Crippen molar-refractivity contribution >= 4 is 0 Å². The molecule has 1 aromatic carbocycles. The lowest BCUT2D eigenvalue weighted by atomic mass is 9.77. The summed E-state index contributed by atoms with van der Waals surface area (Å²) >= 11 is 0. The van der Waals surface area contributed by atoms with Crippen LogP contribution in [0.4, 0.5) is 13.2 Å². The van der Waals surface area contributed by atoms with Crippen LogP contribution >= 0.6 is 0 Å². The smallest absolute Gasteiger partial charge is 0.385 e. The molecule has 2 heterocycles. The number of alkyl halides is 3. The first-order chi connectivity index (χ1) is 12.1. The molecule has 1 aliphatic rings. The van der Waals surface area contributed by atoms with Crippen molar-refractivity contribution in [3.8, 4) is 0 Å². The molecule has 2 aromatic rings. The van der Waals surface area contributed by atoms with E-state index in [-0.39, 0.29) is 17.6 Å². The molecule has 3 rings (SSSR count). The Kier molecular flexibility index (Phi) is 4.71. The summed E-state index contributed by atoms with van der Waals surface area (Å²) in [4.78, 5) is 11.6. The molecule has 140 valence electrons. The Hall–Kier alpha value is -2.12. The molecule has 1 unspecified atom stereocenters. The van der Waals surface area contributed by atoms with Crippen LogP contribution in [0.25, 0.3) is 0 Å². The van der Waals surface area contributed by atoms with Crippen molar-refractivity contribution < 1.29 is 18.3 Å². The van der Waals surface area contributed by atoms with Crippen molar-refractivity contribution in [1.82, 2.24) is 9.88 Å². The second-order valence-corrected chi connectivity index (χ2v) is 7.05. The van der Waals surface area contributed by atoms with Crippen molar-refractivity contribution in [3.05, 3.63) is 69.6 Å². The molecule has 0 radical (unpaired) electrons. The lowest BCUT2D eigenvalue weighted by Crippen LogP contribution is -2.47. The molecular weight excluding hydrogens is 345 g/mol. The molecule has 0 saturated carbocycles. The highest BCUT2D eigenvalue weighted by molar-refractivity contribution is 5.31. The Morgan fingerprint density at radius 2 is 1.81 bits per heavy atom. The molecule has 0 spiro atoms. The summed E-state index contributed by atoms with van der Waals surface area (Å²) < 4.78 is 39.8. The maximum absolute atomic E-state index is 12.8. The van der Waals surface area contributed by atoms with Gasteiger partial charge in [0, 0.05) is 31.4 Å². The number of aromatic nitrogens is 1. The highest BCUT2D eigenvalue weighted by Gasteiger charge is 2.40. The first-order valence-corrected chi connectivity index (χ1v) is 8.41. The van der Waals surface area contributed by atoms with Gasteiger partial charge in [0.15, 0.2) is 0 Å². The fraction of sp³-hybridized carbons (Fsp3) is 0.421. The quantitative estimate of drug-likeness (QED) is 0.859. The first-order valence-electron chi connectivity index (χ1n) is 8.41. The minimum Gasteiger partial charge on any atom is -0.385 e. The van der Waals surface area contributed by atoms with Crippen LogP contribution in [0, 0.1) is 0 Å². The summed E-state index contributed by atoms with van der Waals surface area (Å²) in [5, 5.41) is 14.6. The van der Waals surface area contributed by atoms with E-state index in [1.165, 1.54) is 22.8 Å². The highest BCUT2D eigenvalue weighted by atomic mass is 19.4. The molecule has 7 heteroatoms. The van der Waals surface area contributed by atoms with E-state index in [4.69, 9.17) is 0 Å². The number of aryl methyl sites for hydroxylation is 1. The summed E-state index contributed by atoms with van der Waals surface area (Å²) in [7, 11) is 1.65.